The highest BCUT2D eigenvalue weighted by Crippen LogP contribution is 2.06. The van der Waals surface area contributed by atoms with E-state index in [0.29, 0.717) is 18.9 Å². The van der Waals surface area contributed by atoms with Crippen LogP contribution in [0, 0.1) is 0 Å². The SMILES string of the molecule is CCCCOCCNCc1ccc(C(=O)O)o1. The van der Waals surface area contributed by atoms with Crippen LogP contribution in [0.3, 0.4) is 0 Å². The van der Waals surface area contributed by atoms with E-state index in [-0.39, 0.29) is 5.76 Å². The highest BCUT2D eigenvalue weighted by atomic mass is 16.5. The number of rotatable bonds is 9. The third-order valence-corrected chi connectivity index (χ3v) is 2.24. The van der Waals surface area contributed by atoms with Crippen molar-refractivity contribution in [1.82, 2.24) is 5.32 Å². The molecule has 0 atom stereocenters. The van der Waals surface area contributed by atoms with E-state index >= 15 is 0 Å². The molecule has 0 saturated carbocycles. The third-order valence-electron chi connectivity index (χ3n) is 2.24. The highest BCUT2D eigenvalue weighted by molar-refractivity contribution is 5.84. The molecule has 0 aromatic carbocycles. The van der Waals surface area contributed by atoms with Crippen molar-refractivity contribution in [2.45, 2.75) is 26.3 Å². The molecule has 5 heteroatoms. The summed E-state index contributed by atoms with van der Waals surface area (Å²) in [6.07, 6.45) is 2.22. The largest absolute Gasteiger partial charge is 0.475 e. The van der Waals surface area contributed by atoms with Gasteiger partial charge in [0.15, 0.2) is 0 Å². The first kappa shape index (κ1) is 13.7. The van der Waals surface area contributed by atoms with Crippen LogP contribution in [0.15, 0.2) is 16.5 Å². The lowest BCUT2D eigenvalue weighted by Gasteiger charge is -2.04. The molecule has 1 aromatic rings. The summed E-state index contributed by atoms with van der Waals surface area (Å²) in [6.45, 7) is 4.82. The number of carboxylic acids is 1. The van der Waals surface area contributed by atoms with Crippen molar-refractivity contribution in [3.8, 4) is 0 Å². The molecule has 96 valence electrons. The smallest absolute Gasteiger partial charge is 0.371 e. The Morgan fingerprint density at radius 1 is 1.47 bits per heavy atom. The van der Waals surface area contributed by atoms with Gasteiger partial charge in [-0.25, -0.2) is 4.79 Å². The van der Waals surface area contributed by atoms with Gasteiger partial charge in [-0.2, -0.15) is 0 Å². The maximum atomic E-state index is 10.6. The predicted molar refractivity (Wildman–Crippen MR) is 63.1 cm³/mol. The van der Waals surface area contributed by atoms with Gasteiger partial charge in [-0.05, 0) is 18.6 Å². The Hall–Kier alpha value is -1.33. The lowest BCUT2D eigenvalue weighted by atomic mass is 10.4. The van der Waals surface area contributed by atoms with Gasteiger partial charge in [-0.15, -0.1) is 0 Å². The summed E-state index contributed by atoms with van der Waals surface area (Å²) >= 11 is 0. The predicted octanol–water partition coefficient (Wildman–Crippen LogP) is 1.88. The van der Waals surface area contributed by atoms with Crippen LogP contribution in [0.4, 0.5) is 0 Å². The van der Waals surface area contributed by atoms with Gasteiger partial charge in [0.2, 0.25) is 5.76 Å². The number of unbranched alkanes of at least 4 members (excludes halogenated alkanes) is 1. The van der Waals surface area contributed by atoms with Gasteiger partial charge in [0.05, 0.1) is 13.2 Å². The molecule has 0 radical (unpaired) electrons. The first-order valence-electron chi connectivity index (χ1n) is 5.84. The number of hydrogen-bond acceptors (Lipinski definition) is 4. The standard InChI is InChI=1S/C12H19NO4/c1-2-3-7-16-8-6-13-9-10-4-5-11(17-10)12(14)15/h4-5,13H,2-3,6-9H2,1H3,(H,14,15). The third kappa shape index (κ3) is 5.51. The number of furan rings is 1. The molecule has 0 amide bonds. The first-order valence-corrected chi connectivity index (χ1v) is 5.84. The van der Waals surface area contributed by atoms with E-state index in [4.69, 9.17) is 14.3 Å². The van der Waals surface area contributed by atoms with E-state index in [1.807, 2.05) is 0 Å². The molecule has 0 spiro atoms. The van der Waals surface area contributed by atoms with Crippen LogP contribution >= 0.6 is 0 Å². The maximum Gasteiger partial charge on any atom is 0.371 e. The van der Waals surface area contributed by atoms with E-state index in [9.17, 15) is 4.79 Å². The van der Waals surface area contributed by atoms with Crippen molar-refractivity contribution in [2.75, 3.05) is 19.8 Å². The number of ether oxygens (including phenoxy) is 1. The fourth-order valence-corrected chi connectivity index (χ4v) is 1.29. The second-order valence-electron chi connectivity index (χ2n) is 3.71. The van der Waals surface area contributed by atoms with Crippen LogP contribution in [0.5, 0.6) is 0 Å². The quantitative estimate of drug-likeness (QED) is 0.646. The molecule has 1 aromatic heterocycles. The molecule has 1 rings (SSSR count). The van der Waals surface area contributed by atoms with Crippen LogP contribution < -0.4 is 5.32 Å². The number of aromatic carboxylic acids is 1. The molecule has 0 saturated heterocycles. The molecule has 0 unspecified atom stereocenters. The summed E-state index contributed by atoms with van der Waals surface area (Å²) in [6, 6.07) is 3.12. The Labute approximate surface area is 101 Å². The normalized spacial score (nSPS) is 10.6. The van der Waals surface area contributed by atoms with Gasteiger partial charge in [0, 0.05) is 13.2 Å². The topological polar surface area (TPSA) is 71.7 Å². The van der Waals surface area contributed by atoms with E-state index < -0.39 is 5.97 Å². The van der Waals surface area contributed by atoms with Crippen molar-refractivity contribution in [1.29, 1.82) is 0 Å². The minimum atomic E-state index is -1.04. The minimum absolute atomic E-state index is 0.0269. The van der Waals surface area contributed by atoms with E-state index in [2.05, 4.69) is 12.2 Å². The highest BCUT2D eigenvalue weighted by Gasteiger charge is 2.07. The van der Waals surface area contributed by atoms with E-state index in [1.165, 1.54) is 6.07 Å². The Morgan fingerprint density at radius 3 is 2.94 bits per heavy atom. The van der Waals surface area contributed by atoms with Gasteiger partial charge in [0.25, 0.3) is 0 Å². The van der Waals surface area contributed by atoms with Gasteiger partial charge < -0.3 is 19.6 Å². The number of hydrogen-bond donors (Lipinski definition) is 2. The molecule has 5 nitrogen and oxygen atoms in total. The molecule has 0 aliphatic rings. The van der Waals surface area contributed by atoms with Crippen molar-refractivity contribution in [3.63, 3.8) is 0 Å². The summed E-state index contributed by atoms with van der Waals surface area (Å²) < 4.78 is 10.5. The Balaban J connectivity index is 2.07. The number of carboxylic acid groups (broad SMARTS) is 1. The van der Waals surface area contributed by atoms with E-state index in [1.54, 1.807) is 6.07 Å². The molecule has 0 bridgehead atoms. The molecule has 0 fully saturated rings. The summed E-state index contributed by atoms with van der Waals surface area (Å²) in [4.78, 5) is 10.6. The monoisotopic (exact) mass is 241 g/mol. The van der Waals surface area contributed by atoms with Crippen LogP contribution in [0.2, 0.25) is 0 Å². The van der Waals surface area contributed by atoms with Gasteiger partial charge >= 0.3 is 5.97 Å². The van der Waals surface area contributed by atoms with Crippen LogP contribution in [-0.4, -0.2) is 30.8 Å². The zero-order chi connectivity index (χ0) is 12.5. The van der Waals surface area contributed by atoms with Crippen molar-refractivity contribution in [2.24, 2.45) is 0 Å². The fourth-order valence-electron chi connectivity index (χ4n) is 1.29. The first-order chi connectivity index (χ1) is 8.24. The summed E-state index contributed by atoms with van der Waals surface area (Å²) in [7, 11) is 0. The number of carbonyl (C=O) groups is 1. The zero-order valence-corrected chi connectivity index (χ0v) is 10.1. The second-order valence-corrected chi connectivity index (χ2v) is 3.71. The fraction of sp³-hybridized carbons (Fsp3) is 0.583. The number of nitrogens with one attached hydrogen (secondary N) is 1. The molecule has 17 heavy (non-hydrogen) atoms. The van der Waals surface area contributed by atoms with Crippen LogP contribution in [0.1, 0.15) is 36.1 Å². The summed E-state index contributed by atoms with van der Waals surface area (Å²) in [5, 5.41) is 11.8. The molecule has 0 aliphatic heterocycles. The van der Waals surface area contributed by atoms with Gasteiger partial charge in [-0.3, -0.25) is 0 Å². The van der Waals surface area contributed by atoms with E-state index in [0.717, 1.165) is 26.0 Å². The molecular weight excluding hydrogens is 222 g/mol. The van der Waals surface area contributed by atoms with Crippen LogP contribution in [0.25, 0.3) is 0 Å². The maximum absolute atomic E-state index is 10.6. The lowest BCUT2D eigenvalue weighted by molar-refractivity contribution is 0.0660. The Morgan fingerprint density at radius 2 is 2.29 bits per heavy atom. The van der Waals surface area contributed by atoms with Crippen molar-refractivity contribution in [3.05, 3.63) is 23.7 Å². The Kier molecular flexibility index (Phi) is 6.35. The van der Waals surface area contributed by atoms with Crippen molar-refractivity contribution >= 4 is 5.97 Å². The summed E-state index contributed by atoms with van der Waals surface area (Å²) in [5.74, 6) is -0.448. The Bertz CT molecular complexity index is 335. The lowest BCUT2D eigenvalue weighted by Crippen LogP contribution is -2.19. The summed E-state index contributed by atoms with van der Waals surface area (Å²) in [5.41, 5.74) is 0. The van der Waals surface area contributed by atoms with Gasteiger partial charge in [0.1, 0.15) is 5.76 Å². The average Bonchev–Trinajstić information content (AvgIpc) is 2.77. The zero-order valence-electron chi connectivity index (χ0n) is 10.1. The van der Waals surface area contributed by atoms with Crippen LogP contribution in [-0.2, 0) is 11.3 Å². The second kappa shape index (κ2) is 7.86. The molecule has 0 aliphatic carbocycles. The van der Waals surface area contributed by atoms with Gasteiger partial charge in [-0.1, -0.05) is 13.3 Å². The molecular formula is C12H19NO4. The minimum Gasteiger partial charge on any atom is -0.475 e. The average molecular weight is 241 g/mol. The molecule has 1 heterocycles. The van der Waals surface area contributed by atoms with Crippen molar-refractivity contribution < 1.29 is 19.1 Å². The molecule has 2 N–H and O–H groups in total.